The molecule has 26 heavy (non-hydrogen) atoms. The zero-order valence-electron chi connectivity index (χ0n) is 13.8. The highest BCUT2D eigenvalue weighted by Crippen LogP contribution is 2.24. The fourth-order valence-corrected chi connectivity index (χ4v) is 3.18. The first-order chi connectivity index (χ1) is 12.6. The average molecular weight is 353 g/mol. The first kappa shape index (κ1) is 16.4. The van der Waals surface area contributed by atoms with Gasteiger partial charge in [0.1, 0.15) is 11.9 Å². The van der Waals surface area contributed by atoms with Gasteiger partial charge in [-0.05, 0) is 24.3 Å². The number of morpholine rings is 1. The predicted octanol–water partition coefficient (Wildman–Crippen LogP) is 2.28. The van der Waals surface area contributed by atoms with Crippen molar-refractivity contribution in [3.05, 3.63) is 76.1 Å². The number of H-pyrrole nitrogens is 1. The molecule has 1 aliphatic rings. The fourth-order valence-electron chi connectivity index (χ4n) is 3.18. The number of nitrogens with one attached hydrogen (secondary N) is 1. The van der Waals surface area contributed by atoms with Crippen molar-refractivity contribution in [3.8, 4) is 0 Å². The summed E-state index contributed by atoms with van der Waals surface area (Å²) < 4.78 is 19.4. The van der Waals surface area contributed by atoms with E-state index in [0.29, 0.717) is 30.6 Å². The van der Waals surface area contributed by atoms with Crippen molar-refractivity contribution in [1.29, 1.82) is 0 Å². The second kappa shape index (κ2) is 6.68. The zero-order valence-corrected chi connectivity index (χ0v) is 13.8. The van der Waals surface area contributed by atoms with Crippen LogP contribution in [-0.4, -0.2) is 40.5 Å². The van der Waals surface area contributed by atoms with Crippen molar-refractivity contribution < 1.29 is 13.9 Å². The van der Waals surface area contributed by atoms with Crippen LogP contribution in [0, 0.1) is 5.82 Å². The molecule has 6 nitrogen and oxygen atoms in total. The van der Waals surface area contributed by atoms with E-state index in [9.17, 15) is 14.0 Å². The van der Waals surface area contributed by atoms with Crippen LogP contribution in [-0.2, 0) is 4.74 Å². The number of ether oxygens (including phenoxy) is 1. The smallest absolute Gasteiger partial charge is 0.254 e. The summed E-state index contributed by atoms with van der Waals surface area (Å²) in [5.41, 5.74) is 1.10. The van der Waals surface area contributed by atoms with E-state index in [2.05, 4.69) is 9.97 Å². The molecule has 0 saturated carbocycles. The van der Waals surface area contributed by atoms with Crippen LogP contribution < -0.4 is 5.56 Å². The number of aromatic nitrogens is 2. The van der Waals surface area contributed by atoms with Crippen LogP contribution in [0.5, 0.6) is 0 Å². The lowest BCUT2D eigenvalue weighted by atomic mass is 10.1. The van der Waals surface area contributed by atoms with E-state index in [1.54, 1.807) is 17.3 Å². The van der Waals surface area contributed by atoms with Gasteiger partial charge in [0.2, 0.25) is 5.56 Å². The monoisotopic (exact) mass is 353 g/mol. The van der Waals surface area contributed by atoms with Crippen molar-refractivity contribution >= 4 is 16.8 Å². The van der Waals surface area contributed by atoms with Gasteiger partial charge in [0, 0.05) is 41.5 Å². The number of halogens is 1. The Labute approximate surface area is 148 Å². The summed E-state index contributed by atoms with van der Waals surface area (Å²) in [6.45, 7) is 1.12. The molecule has 1 unspecified atom stereocenters. The molecule has 132 valence electrons. The van der Waals surface area contributed by atoms with E-state index in [0.717, 1.165) is 5.56 Å². The molecule has 0 spiro atoms. The number of carbonyl (C=O) groups is 1. The molecule has 1 saturated heterocycles. The van der Waals surface area contributed by atoms with E-state index < -0.39 is 11.4 Å². The first-order valence-corrected chi connectivity index (χ1v) is 8.25. The summed E-state index contributed by atoms with van der Waals surface area (Å²) in [5.74, 6) is -0.780. The van der Waals surface area contributed by atoms with Crippen LogP contribution in [0.1, 0.15) is 22.0 Å². The molecular weight excluding hydrogens is 337 g/mol. The molecule has 0 bridgehead atoms. The standard InChI is InChI=1S/C19H16FN3O3/c20-13-3-4-16-14(8-13)15(9-18(24)22-16)19(25)23-6-7-26-17(11-23)12-2-1-5-21-10-12/h1-5,8-10,17H,6-7,11H2,(H,22,24). The Hall–Kier alpha value is -3.06. The number of hydrogen-bond acceptors (Lipinski definition) is 4. The van der Waals surface area contributed by atoms with E-state index in [1.807, 2.05) is 12.1 Å². The second-order valence-corrected chi connectivity index (χ2v) is 6.13. The number of aromatic amines is 1. The lowest BCUT2D eigenvalue weighted by Gasteiger charge is -2.33. The third-order valence-corrected chi connectivity index (χ3v) is 4.45. The van der Waals surface area contributed by atoms with Crippen LogP contribution in [0.3, 0.4) is 0 Å². The van der Waals surface area contributed by atoms with Gasteiger partial charge < -0.3 is 14.6 Å². The number of rotatable bonds is 2. The molecule has 1 aliphatic heterocycles. The Balaban J connectivity index is 1.68. The maximum absolute atomic E-state index is 13.7. The molecule has 7 heteroatoms. The van der Waals surface area contributed by atoms with E-state index >= 15 is 0 Å². The van der Waals surface area contributed by atoms with Crippen molar-refractivity contribution in [2.75, 3.05) is 19.7 Å². The van der Waals surface area contributed by atoms with Gasteiger partial charge >= 0.3 is 0 Å². The van der Waals surface area contributed by atoms with Gasteiger partial charge in [-0.15, -0.1) is 0 Å². The van der Waals surface area contributed by atoms with Crippen LogP contribution in [0.25, 0.3) is 10.9 Å². The summed E-state index contributed by atoms with van der Waals surface area (Å²) in [6.07, 6.45) is 3.09. The number of pyridine rings is 2. The third kappa shape index (κ3) is 3.09. The summed E-state index contributed by atoms with van der Waals surface area (Å²) in [6, 6.07) is 8.90. The highest BCUT2D eigenvalue weighted by atomic mass is 19.1. The molecule has 1 N–H and O–H groups in total. The summed E-state index contributed by atoms with van der Waals surface area (Å²) in [4.78, 5) is 33.3. The van der Waals surface area contributed by atoms with Crippen LogP contribution in [0.15, 0.2) is 53.6 Å². The average Bonchev–Trinajstić information content (AvgIpc) is 2.68. The largest absolute Gasteiger partial charge is 0.370 e. The van der Waals surface area contributed by atoms with Crippen LogP contribution in [0.2, 0.25) is 0 Å². The quantitative estimate of drug-likeness (QED) is 0.767. The van der Waals surface area contributed by atoms with Crippen molar-refractivity contribution in [3.63, 3.8) is 0 Å². The van der Waals surface area contributed by atoms with Gasteiger partial charge in [0.15, 0.2) is 0 Å². The SMILES string of the molecule is O=C(c1cc(=O)[nH]c2ccc(F)cc12)N1CCOC(c2cccnc2)C1. The molecule has 0 aliphatic carbocycles. The minimum absolute atomic E-state index is 0.190. The van der Waals surface area contributed by atoms with E-state index in [1.165, 1.54) is 24.3 Å². The second-order valence-electron chi connectivity index (χ2n) is 6.13. The molecule has 1 amide bonds. The minimum Gasteiger partial charge on any atom is -0.370 e. The first-order valence-electron chi connectivity index (χ1n) is 8.25. The van der Waals surface area contributed by atoms with E-state index in [-0.39, 0.29) is 17.6 Å². The molecule has 3 heterocycles. The minimum atomic E-state index is -0.464. The summed E-state index contributed by atoms with van der Waals surface area (Å²) in [5, 5.41) is 0.388. The maximum Gasteiger partial charge on any atom is 0.254 e. The number of carbonyl (C=O) groups excluding carboxylic acids is 1. The van der Waals surface area contributed by atoms with Crippen molar-refractivity contribution in [1.82, 2.24) is 14.9 Å². The fraction of sp³-hybridized carbons (Fsp3) is 0.211. The van der Waals surface area contributed by atoms with Crippen LogP contribution >= 0.6 is 0 Å². The number of fused-ring (bicyclic) bond motifs is 1. The topological polar surface area (TPSA) is 75.3 Å². The summed E-state index contributed by atoms with van der Waals surface area (Å²) in [7, 11) is 0. The number of nitrogens with zero attached hydrogens (tertiary/aromatic N) is 2. The number of benzene rings is 1. The number of hydrogen-bond donors (Lipinski definition) is 1. The Kier molecular flexibility index (Phi) is 4.22. The van der Waals surface area contributed by atoms with E-state index in [4.69, 9.17) is 4.74 Å². The van der Waals surface area contributed by atoms with Crippen LogP contribution in [0.4, 0.5) is 4.39 Å². The lowest BCUT2D eigenvalue weighted by molar-refractivity contribution is -0.0229. The predicted molar refractivity (Wildman–Crippen MR) is 93.4 cm³/mol. The third-order valence-electron chi connectivity index (χ3n) is 4.45. The lowest BCUT2D eigenvalue weighted by Crippen LogP contribution is -2.42. The van der Waals surface area contributed by atoms with Gasteiger partial charge in [-0.2, -0.15) is 0 Å². The van der Waals surface area contributed by atoms with Crippen molar-refractivity contribution in [2.24, 2.45) is 0 Å². The molecule has 1 atom stereocenters. The Morgan fingerprint density at radius 1 is 1.31 bits per heavy atom. The normalized spacial score (nSPS) is 17.4. The molecule has 4 rings (SSSR count). The van der Waals surface area contributed by atoms with Gasteiger partial charge in [-0.3, -0.25) is 14.6 Å². The number of amides is 1. The van der Waals surface area contributed by atoms with Gasteiger partial charge in [-0.25, -0.2) is 4.39 Å². The van der Waals surface area contributed by atoms with Crippen molar-refractivity contribution in [2.45, 2.75) is 6.10 Å². The Bertz CT molecular complexity index is 1020. The molecule has 3 aromatic rings. The Morgan fingerprint density at radius 2 is 2.19 bits per heavy atom. The molecule has 0 radical (unpaired) electrons. The van der Waals surface area contributed by atoms with Gasteiger partial charge in [0.25, 0.3) is 5.91 Å². The molecule has 2 aromatic heterocycles. The Morgan fingerprint density at radius 3 is 3.00 bits per heavy atom. The highest BCUT2D eigenvalue weighted by molar-refractivity contribution is 6.06. The molecule has 1 aromatic carbocycles. The molecule has 1 fully saturated rings. The summed E-state index contributed by atoms with van der Waals surface area (Å²) >= 11 is 0. The van der Waals surface area contributed by atoms with Gasteiger partial charge in [0.05, 0.1) is 18.7 Å². The molecular formula is C19H16FN3O3. The highest BCUT2D eigenvalue weighted by Gasteiger charge is 2.27. The zero-order chi connectivity index (χ0) is 18.1. The van der Waals surface area contributed by atoms with Gasteiger partial charge in [-0.1, -0.05) is 6.07 Å². The maximum atomic E-state index is 13.7.